The number of hydrogen-bond donors (Lipinski definition) is 1. The van der Waals surface area contributed by atoms with Crippen molar-refractivity contribution >= 4 is 11.8 Å². The van der Waals surface area contributed by atoms with E-state index >= 15 is 0 Å². The molecule has 0 bridgehead atoms. The van der Waals surface area contributed by atoms with Crippen molar-refractivity contribution in [3.05, 3.63) is 24.0 Å². The van der Waals surface area contributed by atoms with E-state index in [2.05, 4.69) is 11.9 Å². The van der Waals surface area contributed by atoms with Gasteiger partial charge in [0.2, 0.25) is 0 Å². The largest absolute Gasteiger partial charge is 0.492 e. The van der Waals surface area contributed by atoms with E-state index in [9.17, 15) is 5.11 Å². The standard InChI is InChI=1S/C12H17NO2S/c1-2-4-15-11-6-10(7-13-8-11)12(14)3-5-16-9-12/h6-8,14H,2-5,9H2,1H3. The monoisotopic (exact) mass is 239 g/mol. The van der Waals surface area contributed by atoms with E-state index in [4.69, 9.17) is 4.74 Å². The average molecular weight is 239 g/mol. The van der Waals surface area contributed by atoms with Crippen LogP contribution in [0, 0.1) is 0 Å². The van der Waals surface area contributed by atoms with E-state index in [0.29, 0.717) is 6.61 Å². The molecule has 4 heteroatoms. The second-order valence-electron chi connectivity index (χ2n) is 4.09. The van der Waals surface area contributed by atoms with Gasteiger partial charge in [-0.15, -0.1) is 0 Å². The van der Waals surface area contributed by atoms with Gasteiger partial charge in [-0.2, -0.15) is 11.8 Å². The number of hydrogen-bond acceptors (Lipinski definition) is 4. The van der Waals surface area contributed by atoms with Crippen LogP contribution in [-0.4, -0.2) is 28.2 Å². The van der Waals surface area contributed by atoms with Crippen LogP contribution in [-0.2, 0) is 5.60 Å². The highest BCUT2D eigenvalue weighted by molar-refractivity contribution is 7.99. The first-order valence-electron chi connectivity index (χ1n) is 5.63. The van der Waals surface area contributed by atoms with Crippen LogP contribution in [0.15, 0.2) is 18.5 Å². The van der Waals surface area contributed by atoms with Gasteiger partial charge in [-0.05, 0) is 24.7 Å². The Morgan fingerprint density at radius 2 is 2.44 bits per heavy atom. The smallest absolute Gasteiger partial charge is 0.137 e. The lowest BCUT2D eigenvalue weighted by molar-refractivity contribution is 0.0650. The van der Waals surface area contributed by atoms with Crippen molar-refractivity contribution in [2.24, 2.45) is 0 Å². The molecule has 1 unspecified atom stereocenters. The van der Waals surface area contributed by atoms with E-state index < -0.39 is 5.60 Å². The van der Waals surface area contributed by atoms with Gasteiger partial charge in [0.15, 0.2) is 0 Å². The minimum atomic E-state index is -0.705. The first kappa shape index (κ1) is 11.7. The summed E-state index contributed by atoms with van der Waals surface area (Å²) >= 11 is 1.78. The van der Waals surface area contributed by atoms with Gasteiger partial charge in [0.25, 0.3) is 0 Å². The predicted molar refractivity (Wildman–Crippen MR) is 65.9 cm³/mol. The molecule has 1 aliphatic rings. The second kappa shape index (κ2) is 5.06. The quantitative estimate of drug-likeness (QED) is 0.874. The SMILES string of the molecule is CCCOc1cncc(C2(O)CCSC2)c1. The molecule has 0 saturated carbocycles. The molecular formula is C12H17NO2S. The average Bonchev–Trinajstić information content (AvgIpc) is 2.75. The summed E-state index contributed by atoms with van der Waals surface area (Å²) < 4.78 is 5.52. The molecule has 1 saturated heterocycles. The molecule has 88 valence electrons. The van der Waals surface area contributed by atoms with E-state index in [1.165, 1.54) is 0 Å². The molecular weight excluding hydrogens is 222 g/mol. The third kappa shape index (κ3) is 2.50. The van der Waals surface area contributed by atoms with Crippen LogP contribution in [0.2, 0.25) is 0 Å². The molecule has 1 aliphatic heterocycles. The number of ether oxygens (including phenoxy) is 1. The number of aromatic nitrogens is 1. The summed E-state index contributed by atoms with van der Waals surface area (Å²) in [6, 6.07) is 1.91. The van der Waals surface area contributed by atoms with Gasteiger partial charge in [0.1, 0.15) is 11.4 Å². The second-order valence-corrected chi connectivity index (χ2v) is 5.20. The Hall–Kier alpha value is -0.740. The van der Waals surface area contributed by atoms with Crippen molar-refractivity contribution in [1.82, 2.24) is 4.98 Å². The Labute approximate surface area is 100 Å². The Balaban J connectivity index is 2.15. The van der Waals surface area contributed by atoms with E-state index in [1.54, 1.807) is 24.2 Å². The van der Waals surface area contributed by atoms with Crippen molar-refractivity contribution < 1.29 is 9.84 Å². The Kier molecular flexibility index (Phi) is 3.71. The molecule has 2 rings (SSSR count). The molecule has 0 radical (unpaired) electrons. The normalized spacial score (nSPS) is 24.6. The van der Waals surface area contributed by atoms with Crippen molar-refractivity contribution in [2.75, 3.05) is 18.1 Å². The summed E-state index contributed by atoms with van der Waals surface area (Å²) in [6.07, 6.45) is 5.22. The van der Waals surface area contributed by atoms with Crippen molar-refractivity contribution in [3.63, 3.8) is 0 Å². The molecule has 1 atom stereocenters. The van der Waals surface area contributed by atoms with Crippen LogP contribution < -0.4 is 4.74 Å². The number of nitrogens with zero attached hydrogens (tertiary/aromatic N) is 1. The number of rotatable bonds is 4. The van der Waals surface area contributed by atoms with E-state index in [-0.39, 0.29) is 0 Å². The molecule has 0 aliphatic carbocycles. The van der Waals surface area contributed by atoms with Gasteiger partial charge in [-0.1, -0.05) is 6.92 Å². The van der Waals surface area contributed by atoms with E-state index in [1.807, 2.05) is 6.07 Å². The lowest BCUT2D eigenvalue weighted by Crippen LogP contribution is -2.24. The molecule has 0 amide bonds. The summed E-state index contributed by atoms with van der Waals surface area (Å²) in [4.78, 5) is 4.13. The molecule has 1 aromatic heterocycles. The van der Waals surface area contributed by atoms with E-state index in [0.717, 1.165) is 35.7 Å². The van der Waals surface area contributed by atoms with Crippen molar-refractivity contribution in [3.8, 4) is 5.75 Å². The van der Waals surface area contributed by atoms with Crippen LogP contribution in [0.4, 0.5) is 0 Å². The van der Waals surface area contributed by atoms with Crippen molar-refractivity contribution in [1.29, 1.82) is 0 Å². The molecule has 3 nitrogen and oxygen atoms in total. The zero-order chi connectivity index (χ0) is 11.4. The third-order valence-corrected chi connectivity index (χ3v) is 3.90. The maximum Gasteiger partial charge on any atom is 0.137 e. The lowest BCUT2D eigenvalue weighted by Gasteiger charge is -2.21. The maximum absolute atomic E-state index is 10.4. The van der Waals surface area contributed by atoms with Crippen LogP contribution in [0.1, 0.15) is 25.3 Å². The Morgan fingerprint density at radius 1 is 1.56 bits per heavy atom. The zero-order valence-corrected chi connectivity index (χ0v) is 10.3. The minimum absolute atomic E-state index is 0.693. The van der Waals surface area contributed by atoms with Crippen LogP contribution >= 0.6 is 11.8 Å². The third-order valence-electron chi connectivity index (χ3n) is 2.72. The molecule has 1 fully saturated rings. The fourth-order valence-corrected chi connectivity index (χ4v) is 3.03. The fourth-order valence-electron chi connectivity index (χ4n) is 1.75. The molecule has 16 heavy (non-hydrogen) atoms. The topological polar surface area (TPSA) is 42.4 Å². The van der Waals surface area contributed by atoms with Gasteiger partial charge in [0, 0.05) is 17.5 Å². The van der Waals surface area contributed by atoms with Crippen LogP contribution in [0.3, 0.4) is 0 Å². The molecule has 1 N–H and O–H groups in total. The minimum Gasteiger partial charge on any atom is -0.492 e. The fraction of sp³-hybridized carbons (Fsp3) is 0.583. The van der Waals surface area contributed by atoms with Crippen LogP contribution in [0.25, 0.3) is 0 Å². The Bertz CT molecular complexity index is 351. The summed E-state index contributed by atoms with van der Waals surface area (Å²) in [7, 11) is 0. The summed E-state index contributed by atoms with van der Waals surface area (Å²) in [6.45, 7) is 2.76. The molecule has 0 spiro atoms. The number of thioether (sulfide) groups is 1. The molecule has 1 aromatic rings. The maximum atomic E-state index is 10.4. The predicted octanol–water partition coefficient (Wildman–Crippen LogP) is 2.19. The highest BCUT2D eigenvalue weighted by atomic mass is 32.2. The van der Waals surface area contributed by atoms with Gasteiger partial charge >= 0.3 is 0 Å². The zero-order valence-electron chi connectivity index (χ0n) is 9.48. The first-order chi connectivity index (χ1) is 7.74. The van der Waals surface area contributed by atoms with Gasteiger partial charge in [-0.25, -0.2) is 0 Å². The summed E-state index contributed by atoms with van der Waals surface area (Å²) in [5.74, 6) is 2.52. The van der Waals surface area contributed by atoms with Gasteiger partial charge in [0.05, 0.1) is 12.8 Å². The summed E-state index contributed by atoms with van der Waals surface area (Å²) in [5.41, 5.74) is 0.176. The van der Waals surface area contributed by atoms with Gasteiger partial charge < -0.3 is 9.84 Å². The highest BCUT2D eigenvalue weighted by Gasteiger charge is 2.34. The first-order valence-corrected chi connectivity index (χ1v) is 6.78. The molecule has 2 heterocycles. The lowest BCUT2D eigenvalue weighted by atomic mass is 9.95. The van der Waals surface area contributed by atoms with Gasteiger partial charge in [-0.3, -0.25) is 4.98 Å². The summed E-state index contributed by atoms with van der Waals surface area (Å²) in [5, 5.41) is 10.4. The van der Waals surface area contributed by atoms with Crippen LogP contribution in [0.5, 0.6) is 5.75 Å². The number of aliphatic hydroxyl groups is 1. The Morgan fingerprint density at radius 3 is 3.12 bits per heavy atom. The highest BCUT2D eigenvalue weighted by Crippen LogP contribution is 2.37. The number of pyridine rings is 1. The molecule has 0 aromatic carbocycles. The van der Waals surface area contributed by atoms with Crippen molar-refractivity contribution in [2.45, 2.75) is 25.4 Å².